The van der Waals surface area contributed by atoms with Crippen molar-refractivity contribution in [2.24, 2.45) is 0 Å². The van der Waals surface area contributed by atoms with E-state index < -0.39 is 10.9 Å². The lowest BCUT2D eigenvalue weighted by Gasteiger charge is -2.23. The highest BCUT2D eigenvalue weighted by Crippen LogP contribution is 2.33. The van der Waals surface area contributed by atoms with Gasteiger partial charge in [-0.25, -0.2) is 0 Å². The van der Waals surface area contributed by atoms with Crippen LogP contribution in [-0.4, -0.2) is 28.0 Å². The highest BCUT2D eigenvalue weighted by molar-refractivity contribution is 9.10. The molecule has 0 aromatic heterocycles. The van der Waals surface area contributed by atoms with E-state index in [0.717, 1.165) is 26.7 Å². The molecule has 1 aliphatic carbocycles. The lowest BCUT2D eigenvalue weighted by atomic mass is 9.84. The lowest BCUT2D eigenvalue weighted by molar-refractivity contribution is -0.324. The van der Waals surface area contributed by atoms with Gasteiger partial charge in [0.1, 0.15) is 0 Å². The van der Waals surface area contributed by atoms with Gasteiger partial charge in [-0.3, -0.25) is 4.79 Å². The maximum Gasteiger partial charge on any atom is 0.303 e. The van der Waals surface area contributed by atoms with Gasteiger partial charge in [0, 0.05) is 23.0 Å². The van der Waals surface area contributed by atoms with Crippen LogP contribution < -0.4 is 10.3 Å². The summed E-state index contributed by atoms with van der Waals surface area (Å²) >= 11 is 3.54. The first-order valence-corrected chi connectivity index (χ1v) is 14.6. The van der Waals surface area contributed by atoms with E-state index in [1.165, 1.54) is 37.7 Å². The van der Waals surface area contributed by atoms with Crippen LogP contribution in [0.5, 0.6) is 0 Å². The van der Waals surface area contributed by atoms with Crippen LogP contribution in [-0.2, 0) is 11.2 Å². The zero-order chi connectivity index (χ0) is 27.7. The fourth-order valence-corrected chi connectivity index (χ4v) is 5.65. The molecule has 4 rings (SSSR count). The summed E-state index contributed by atoms with van der Waals surface area (Å²) in [4.78, 5) is 9.55. The van der Waals surface area contributed by atoms with Crippen LogP contribution in [0.15, 0.2) is 83.3 Å². The molecule has 3 aromatic carbocycles. The number of nitrogens with zero attached hydrogens (tertiary/aromatic N) is 1. The molecule has 0 spiro atoms. The normalized spacial score (nSPS) is 14.9. The molecular weight excluding hydrogens is 556 g/mol. The number of quaternary nitrogens is 1. The summed E-state index contributed by atoms with van der Waals surface area (Å²) in [7, 11) is 0. The van der Waals surface area contributed by atoms with Gasteiger partial charge >= 0.3 is 5.97 Å². The molecule has 7 heteroatoms. The zero-order valence-electron chi connectivity index (χ0n) is 22.2. The average Bonchev–Trinajstić information content (AvgIpc) is 2.94. The molecule has 0 aliphatic heterocycles. The highest BCUT2D eigenvalue weighted by Gasteiger charge is 2.27. The Balaban J connectivity index is 1.36. The van der Waals surface area contributed by atoms with Gasteiger partial charge in [0.05, 0.1) is 11.5 Å². The number of allylic oxidation sites excluding steroid dienone is 1. The number of benzene rings is 3. The third kappa shape index (κ3) is 8.59. The second-order valence-corrected chi connectivity index (χ2v) is 11.2. The van der Waals surface area contributed by atoms with Crippen LogP contribution in [0.3, 0.4) is 0 Å². The third-order valence-corrected chi connectivity index (χ3v) is 7.91. The smallest absolute Gasteiger partial charge is 0.303 e. The summed E-state index contributed by atoms with van der Waals surface area (Å²) in [6.45, 7) is 0.375. The number of rotatable bonds is 12. The van der Waals surface area contributed by atoms with Crippen molar-refractivity contribution in [1.82, 2.24) is 10.3 Å². The molecule has 3 aromatic rings. The Morgan fingerprint density at radius 3 is 2.33 bits per heavy atom. The molecule has 0 bridgehead atoms. The first-order valence-electron chi connectivity index (χ1n) is 13.8. The van der Waals surface area contributed by atoms with Crippen molar-refractivity contribution in [3.63, 3.8) is 0 Å². The van der Waals surface area contributed by atoms with Crippen LogP contribution >= 0.6 is 15.9 Å². The van der Waals surface area contributed by atoms with E-state index >= 15 is 0 Å². The number of hydrogen-bond donors (Lipinski definition) is 4. The van der Waals surface area contributed by atoms with Gasteiger partial charge in [-0.1, -0.05) is 95.2 Å². The maximum atomic E-state index is 10.9. The fraction of sp³-hybridized carbons (Fsp3) is 0.344. The van der Waals surface area contributed by atoms with Gasteiger partial charge in [0.2, 0.25) is 5.69 Å². The van der Waals surface area contributed by atoms with Crippen LogP contribution in [0, 0.1) is 0 Å². The van der Waals surface area contributed by atoms with Gasteiger partial charge in [-0.2, -0.15) is 10.4 Å². The largest absolute Gasteiger partial charge is 0.481 e. The van der Waals surface area contributed by atoms with Crippen molar-refractivity contribution < 1.29 is 20.3 Å². The maximum absolute atomic E-state index is 10.9. The Labute approximate surface area is 239 Å². The monoisotopic (exact) mass is 593 g/mol. The zero-order valence-corrected chi connectivity index (χ0v) is 23.8. The van der Waals surface area contributed by atoms with Crippen molar-refractivity contribution >= 4 is 33.2 Å². The van der Waals surface area contributed by atoms with E-state index in [9.17, 15) is 15.2 Å². The van der Waals surface area contributed by atoms with Crippen LogP contribution in [0.2, 0.25) is 0 Å². The number of carbonyl (C=O) groups is 1. The van der Waals surface area contributed by atoms with Crippen molar-refractivity contribution in [1.29, 1.82) is 0 Å². The van der Waals surface area contributed by atoms with E-state index in [2.05, 4.69) is 45.6 Å². The predicted octanol–water partition coefficient (Wildman–Crippen LogP) is 8.02. The first-order chi connectivity index (χ1) is 18.8. The minimum Gasteiger partial charge on any atom is -0.481 e. The van der Waals surface area contributed by atoms with E-state index in [4.69, 9.17) is 5.11 Å². The van der Waals surface area contributed by atoms with Gasteiger partial charge < -0.3 is 5.11 Å². The molecule has 1 saturated carbocycles. The van der Waals surface area contributed by atoms with Gasteiger partial charge in [0.15, 0.2) is 0 Å². The van der Waals surface area contributed by atoms with Crippen LogP contribution in [0.4, 0.5) is 5.69 Å². The molecular formula is C32H38BrN2O4+. The first kappa shape index (κ1) is 29.2. The Morgan fingerprint density at radius 1 is 0.949 bits per heavy atom. The van der Waals surface area contributed by atoms with Gasteiger partial charge in [0.25, 0.3) is 0 Å². The Kier molecular flexibility index (Phi) is 10.5. The molecule has 0 unspecified atom stereocenters. The Hall–Kier alpha value is -2.81. The molecule has 6 nitrogen and oxygen atoms in total. The molecule has 1 fully saturated rings. The van der Waals surface area contributed by atoms with Crippen LogP contribution in [0.1, 0.15) is 79.5 Å². The molecule has 4 N–H and O–H groups in total. The Morgan fingerprint density at radius 2 is 1.67 bits per heavy atom. The van der Waals surface area contributed by atoms with Gasteiger partial charge in [-0.05, 0) is 78.0 Å². The number of carboxylic acid groups (broad SMARTS) is 1. The molecule has 0 radical (unpaired) electrons. The second-order valence-electron chi connectivity index (χ2n) is 10.3. The van der Waals surface area contributed by atoms with E-state index in [0.29, 0.717) is 37.4 Å². The lowest BCUT2D eigenvalue weighted by Crippen LogP contribution is -2.55. The van der Waals surface area contributed by atoms with E-state index in [1.54, 1.807) is 12.1 Å². The molecule has 0 atom stereocenters. The number of carboxylic acids is 1. The Bertz CT molecular complexity index is 1250. The highest BCUT2D eigenvalue weighted by atomic mass is 79.9. The van der Waals surface area contributed by atoms with Crippen molar-refractivity contribution in [3.05, 3.63) is 106 Å². The summed E-state index contributed by atoms with van der Waals surface area (Å²) in [5.41, 5.74) is 8.72. The molecule has 206 valence electrons. The fourth-order valence-electron chi connectivity index (χ4n) is 5.25. The summed E-state index contributed by atoms with van der Waals surface area (Å²) in [5.74, 6) is -0.207. The molecule has 0 heterocycles. The van der Waals surface area contributed by atoms with Crippen molar-refractivity contribution in [3.8, 4) is 0 Å². The van der Waals surface area contributed by atoms with Crippen molar-refractivity contribution in [2.45, 2.75) is 63.7 Å². The number of nitrogens with one attached hydrogen (secondary N) is 1. The summed E-state index contributed by atoms with van der Waals surface area (Å²) < 4.78 is 0.984. The van der Waals surface area contributed by atoms with E-state index in [1.807, 2.05) is 42.5 Å². The number of halogens is 1. The number of unbranched alkanes of at least 4 members (excludes halogenated alkanes) is 1. The SMILES string of the molecule is O=C(O)CCC/C=C(/c1ccc(CCN[N+](O)(O)c2ccc(C3CCCCC3)cc2)cc1)c1cccc(Br)c1. The molecule has 0 saturated heterocycles. The topological polar surface area (TPSA) is 89.8 Å². The molecule has 39 heavy (non-hydrogen) atoms. The number of aliphatic carboxylic acids is 1. The predicted molar refractivity (Wildman–Crippen MR) is 158 cm³/mol. The van der Waals surface area contributed by atoms with E-state index in [-0.39, 0.29) is 6.42 Å². The third-order valence-electron chi connectivity index (χ3n) is 7.42. The summed E-state index contributed by atoms with van der Waals surface area (Å²) in [6.07, 6.45) is 10.4. The molecule has 1 aliphatic rings. The summed E-state index contributed by atoms with van der Waals surface area (Å²) in [6, 6.07) is 23.9. The summed E-state index contributed by atoms with van der Waals surface area (Å²) in [5, 5.41) is 30.2. The number of hydrogen-bond acceptors (Lipinski definition) is 4. The average molecular weight is 595 g/mol. The van der Waals surface area contributed by atoms with Crippen LogP contribution in [0.25, 0.3) is 5.57 Å². The quantitative estimate of drug-likeness (QED) is 0.0969. The second kappa shape index (κ2) is 14.0. The van der Waals surface area contributed by atoms with Gasteiger partial charge in [-0.15, -0.1) is 0 Å². The minimum atomic E-state index is -1.35. The minimum absolute atomic E-state index is 0.147. The standard InChI is InChI=1S/C32H37BrN2O4/c33-29-10-6-9-28(23-29)31(11-4-5-12-32(36)37)27-15-13-24(14-16-27)21-22-34-35(38,39)30-19-17-26(18-20-30)25-7-2-1-3-8-25/h6,9-11,13-20,23,25,34,38-39H,1-5,7-8,12,21-22H2/p+1/b31-11-. The van der Waals surface area contributed by atoms with Crippen molar-refractivity contribution in [2.75, 3.05) is 6.54 Å². The molecule has 0 amide bonds.